The number of nitrogens with one attached hydrogen (secondary N) is 1. The monoisotopic (exact) mass is 652 g/mol. The smallest absolute Gasteiger partial charge is 0.415 e. The van der Waals surface area contributed by atoms with Crippen LogP contribution < -0.4 is 15.0 Å². The number of benzene rings is 3. The van der Waals surface area contributed by atoms with E-state index in [9.17, 15) is 19.5 Å². The predicted molar refractivity (Wildman–Crippen MR) is 180 cm³/mol. The summed E-state index contributed by atoms with van der Waals surface area (Å²) in [6.45, 7) is 5.15. The van der Waals surface area contributed by atoms with Crippen molar-refractivity contribution < 1.29 is 24.2 Å². The van der Waals surface area contributed by atoms with Crippen molar-refractivity contribution in [3.63, 3.8) is 0 Å². The van der Waals surface area contributed by atoms with Gasteiger partial charge in [-0.2, -0.15) is 0 Å². The lowest BCUT2D eigenvalue weighted by atomic mass is 9.92. The number of phenolic OH excluding ortho intramolecular Hbond substituents is 1. The number of ether oxygens (including phenoxy) is 1. The first kappa shape index (κ1) is 30.5. The number of carbonyl (C=O) groups excluding carboxylic acids is 3. The van der Waals surface area contributed by atoms with Crippen LogP contribution in [0.2, 0.25) is 0 Å². The molecular formula is C35H33ClN6O5. The molecule has 12 heteroatoms. The van der Waals surface area contributed by atoms with Crippen LogP contribution >= 0.6 is 11.6 Å². The topological polar surface area (TPSA) is 120 Å². The molecule has 4 heterocycles. The number of likely N-dealkylation sites (N-methyl/N-ethyl adjacent to an activating group) is 1. The van der Waals surface area contributed by atoms with Gasteiger partial charge in [-0.3, -0.25) is 9.59 Å². The zero-order valence-electron chi connectivity index (χ0n) is 25.9. The van der Waals surface area contributed by atoms with E-state index in [2.05, 4.69) is 15.2 Å². The zero-order chi connectivity index (χ0) is 32.8. The van der Waals surface area contributed by atoms with Crippen LogP contribution in [0.5, 0.6) is 11.5 Å². The Balaban J connectivity index is 1.06. The van der Waals surface area contributed by atoms with Crippen LogP contribution in [0.1, 0.15) is 37.9 Å². The van der Waals surface area contributed by atoms with Gasteiger partial charge in [-0.1, -0.05) is 18.2 Å². The number of aromatic nitrogens is 2. The molecule has 0 aliphatic carbocycles. The number of nitrogens with zero attached hydrogens (tertiary/aromatic N) is 5. The number of aryl methyl sites for hydroxylation is 1. The van der Waals surface area contributed by atoms with Crippen LogP contribution in [-0.4, -0.2) is 87.9 Å². The molecule has 2 aromatic heterocycles. The Bertz CT molecular complexity index is 2040. The Morgan fingerprint density at radius 2 is 1.79 bits per heavy atom. The van der Waals surface area contributed by atoms with E-state index < -0.39 is 6.09 Å². The van der Waals surface area contributed by atoms with Crippen LogP contribution in [0.4, 0.5) is 16.2 Å². The SMILES string of the molecule is Cc1cccc2c(O)cc3c(c12)C(CCl)CN3C(=O)c1cn2cc(NC(=O)c3ccc(OC(=O)N4CCN(C)CC4)cc3)ccc2n1. The molecule has 47 heavy (non-hydrogen) atoms. The summed E-state index contributed by atoms with van der Waals surface area (Å²) in [6.07, 6.45) is 2.90. The molecule has 2 aliphatic heterocycles. The fourth-order valence-corrected chi connectivity index (χ4v) is 6.61. The number of hydrogen-bond acceptors (Lipinski definition) is 7. The summed E-state index contributed by atoms with van der Waals surface area (Å²) < 4.78 is 7.17. The van der Waals surface area contributed by atoms with Crippen molar-refractivity contribution in [2.24, 2.45) is 0 Å². The van der Waals surface area contributed by atoms with Gasteiger partial charge in [0.05, 0.1) is 11.4 Å². The highest BCUT2D eigenvalue weighted by Gasteiger charge is 2.36. The zero-order valence-corrected chi connectivity index (χ0v) is 26.7. The first-order chi connectivity index (χ1) is 22.7. The van der Waals surface area contributed by atoms with Crippen LogP contribution in [0, 0.1) is 6.92 Å². The fraction of sp³-hybridized carbons (Fsp3) is 0.257. The van der Waals surface area contributed by atoms with Crippen LogP contribution in [0.3, 0.4) is 0 Å². The maximum atomic E-state index is 13.8. The molecule has 11 nitrogen and oxygen atoms in total. The van der Waals surface area contributed by atoms with Gasteiger partial charge >= 0.3 is 6.09 Å². The number of amides is 3. The van der Waals surface area contributed by atoms with Crippen molar-refractivity contribution in [2.45, 2.75) is 12.8 Å². The molecule has 3 aromatic carbocycles. The quantitative estimate of drug-likeness (QED) is 0.241. The number of pyridine rings is 1. The highest BCUT2D eigenvalue weighted by atomic mass is 35.5. The molecule has 0 saturated carbocycles. The van der Waals surface area contributed by atoms with Crippen molar-refractivity contribution in [1.29, 1.82) is 0 Å². The van der Waals surface area contributed by atoms with Crippen molar-refractivity contribution >= 4 is 57.3 Å². The summed E-state index contributed by atoms with van der Waals surface area (Å²) in [4.78, 5) is 49.3. The van der Waals surface area contributed by atoms with Crippen molar-refractivity contribution in [3.8, 4) is 11.5 Å². The molecule has 2 aliphatic rings. The number of alkyl halides is 1. The van der Waals surface area contributed by atoms with E-state index in [-0.39, 0.29) is 29.2 Å². The molecule has 3 amide bonds. The highest BCUT2D eigenvalue weighted by Crippen LogP contribution is 2.46. The van der Waals surface area contributed by atoms with Crippen LogP contribution in [0.25, 0.3) is 16.4 Å². The molecule has 1 atom stereocenters. The lowest BCUT2D eigenvalue weighted by Gasteiger charge is -2.31. The second kappa shape index (κ2) is 12.2. The number of piperazine rings is 1. The van der Waals surface area contributed by atoms with Crippen LogP contribution in [-0.2, 0) is 0 Å². The molecule has 7 rings (SSSR count). The normalized spacial score (nSPS) is 16.4. The highest BCUT2D eigenvalue weighted by molar-refractivity contribution is 6.19. The molecule has 0 spiro atoms. The molecule has 0 bridgehead atoms. The summed E-state index contributed by atoms with van der Waals surface area (Å²) in [5, 5.41) is 15.4. The van der Waals surface area contributed by atoms with Gasteiger partial charge in [-0.15, -0.1) is 11.6 Å². The summed E-state index contributed by atoms with van der Waals surface area (Å²) in [5.41, 5.74) is 4.23. The Labute approximate surface area is 275 Å². The first-order valence-electron chi connectivity index (χ1n) is 15.4. The lowest BCUT2D eigenvalue weighted by molar-refractivity contribution is 0.0982. The molecule has 5 aromatic rings. The Kier molecular flexibility index (Phi) is 7.94. The average Bonchev–Trinajstić information content (AvgIpc) is 3.66. The summed E-state index contributed by atoms with van der Waals surface area (Å²) in [5.74, 6) is 0.0293. The van der Waals surface area contributed by atoms with Crippen molar-refractivity contribution in [3.05, 3.63) is 95.4 Å². The molecule has 2 N–H and O–H groups in total. The molecule has 1 saturated heterocycles. The number of fused-ring (bicyclic) bond motifs is 4. The third-order valence-corrected chi connectivity index (χ3v) is 9.28. The largest absolute Gasteiger partial charge is 0.507 e. The lowest BCUT2D eigenvalue weighted by Crippen LogP contribution is -2.48. The van der Waals surface area contributed by atoms with Gasteiger partial charge in [0.1, 0.15) is 22.8 Å². The molecule has 1 unspecified atom stereocenters. The second-order valence-electron chi connectivity index (χ2n) is 12.0. The summed E-state index contributed by atoms with van der Waals surface area (Å²) in [6, 6.07) is 17.2. The van der Waals surface area contributed by atoms with Gasteiger partial charge in [0.2, 0.25) is 0 Å². The van der Waals surface area contributed by atoms with Gasteiger partial charge in [0.25, 0.3) is 11.8 Å². The number of halogens is 1. The van der Waals surface area contributed by atoms with Gasteiger partial charge in [0.15, 0.2) is 0 Å². The van der Waals surface area contributed by atoms with E-state index in [1.54, 1.807) is 69.1 Å². The van der Waals surface area contributed by atoms with Crippen molar-refractivity contribution in [1.82, 2.24) is 19.2 Å². The maximum Gasteiger partial charge on any atom is 0.415 e. The number of anilines is 2. The summed E-state index contributed by atoms with van der Waals surface area (Å²) in [7, 11) is 2.01. The minimum Gasteiger partial charge on any atom is -0.507 e. The minimum atomic E-state index is -0.406. The number of aromatic hydroxyl groups is 1. The van der Waals surface area contributed by atoms with Gasteiger partial charge in [-0.05, 0) is 66.9 Å². The van der Waals surface area contributed by atoms with Gasteiger partial charge in [0, 0.05) is 73.9 Å². The van der Waals surface area contributed by atoms with E-state index in [4.69, 9.17) is 16.3 Å². The van der Waals surface area contributed by atoms with E-state index in [0.717, 1.165) is 35.0 Å². The third kappa shape index (κ3) is 5.72. The molecular weight excluding hydrogens is 620 g/mol. The van der Waals surface area contributed by atoms with Crippen molar-refractivity contribution in [2.75, 3.05) is 55.9 Å². The fourth-order valence-electron chi connectivity index (χ4n) is 6.36. The van der Waals surface area contributed by atoms with Gasteiger partial charge in [-0.25, -0.2) is 9.78 Å². The minimum absolute atomic E-state index is 0.100. The maximum absolute atomic E-state index is 13.8. The predicted octanol–water partition coefficient (Wildman–Crippen LogP) is 5.48. The van der Waals surface area contributed by atoms with E-state index in [1.807, 2.05) is 32.2 Å². The number of carbonyl (C=O) groups is 3. The van der Waals surface area contributed by atoms with E-state index in [1.165, 1.54) is 0 Å². The average molecular weight is 653 g/mol. The number of phenols is 1. The molecule has 240 valence electrons. The van der Waals surface area contributed by atoms with Gasteiger partial charge < -0.3 is 34.3 Å². The summed E-state index contributed by atoms with van der Waals surface area (Å²) >= 11 is 6.39. The third-order valence-electron chi connectivity index (χ3n) is 8.91. The standard InChI is InChI=1S/C35H33ClN6O5/c1-21-4-3-5-26-29(43)16-28-32(31(21)26)23(17-36)18-42(28)34(45)27-20-41-19-24(8-11-30(41)38-27)37-33(44)22-6-9-25(10-7-22)47-35(46)40-14-12-39(2)13-15-40/h3-11,16,19-20,23,43H,12-15,17-18H2,1-2H3,(H,37,44). The molecule has 1 fully saturated rings. The van der Waals surface area contributed by atoms with E-state index >= 15 is 0 Å². The van der Waals surface area contributed by atoms with E-state index in [0.29, 0.717) is 53.8 Å². The van der Waals surface area contributed by atoms with Crippen LogP contribution in [0.15, 0.2) is 73.1 Å². The number of hydrogen-bond donors (Lipinski definition) is 2. The Morgan fingerprint density at radius 3 is 2.53 bits per heavy atom. The number of rotatable bonds is 5. The first-order valence-corrected chi connectivity index (χ1v) is 15.9. The second-order valence-corrected chi connectivity index (χ2v) is 12.3. The number of imidazole rings is 1. The Morgan fingerprint density at radius 1 is 1.02 bits per heavy atom. The molecule has 0 radical (unpaired) electrons. The Hall–Kier alpha value is -5.13.